The molecule has 0 atom stereocenters. The number of nitrogens with zero attached hydrogens (tertiary/aromatic N) is 2. The fraction of sp³-hybridized carbons (Fsp3) is 0.320. The van der Waals surface area contributed by atoms with Crippen molar-refractivity contribution in [3.8, 4) is 0 Å². The van der Waals surface area contributed by atoms with Gasteiger partial charge in [-0.25, -0.2) is 0 Å². The molecule has 0 aliphatic carbocycles. The average Bonchev–Trinajstić information content (AvgIpc) is 2.75. The van der Waals surface area contributed by atoms with Crippen molar-refractivity contribution < 1.29 is 9.53 Å². The third kappa shape index (κ3) is 5.66. The summed E-state index contributed by atoms with van der Waals surface area (Å²) in [6.07, 6.45) is 0. The zero-order valence-electron chi connectivity index (χ0n) is 17.5. The summed E-state index contributed by atoms with van der Waals surface area (Å²) in [5.41, 5.74) is 3.30. The number of fused-ring (bicyclic) bond motifs is 1. The van der Waals surface area contributed by atoms with E-state index in [-0.39, 0.29) is 5.91 Å². The van der Waals surface area contributed by atoms with Crippen LogP contribution in [-0.2, 0) is 22.6 Å². The van der Waals surface area contributed by atoms with Crippen LogP contribution >= 0.6 is 0 Å². The van der Waals surface area contributed by atoms with E-state index in [1.807, 2.05) is 30.1 Å². The molecule has 5 nitrogen and oxygen atoms in total. The van der Waals surface area contributed by atoms with E-state index < -0.39 is 0 Å². The molecule has 1 saturated heterocycles. The first-order valence-corrected chi connectivity index (χ1v) is 10.5. The summed E-state index contributed by atoms with van der Waals surface area (Å²) in [4.78, 5) is 16.9. The van der Waals surface area contributed by atoms with Gasteiger partial charge in [0.05, 0.1) is 19.8 Å². The highest BCUT2D eigenvalue weighted by atomic mass is 16.5. The van der Waals surface area contributed by atoms with Gasteiger partial charge < -0.3 is 10.1 Å². The minimum atomic E-state index is -0.000724. The smallest absolute Gasteiger partial charge is 0.238 e. The predicted octanol–water partition coefficient (Wildman–Crippen LogP) is 3.74. The maximum absolute atomic E-state index is 12.5. The summed E-state index contributed by atoms with van der Waals surface area (Å²) in [6.45, 7) is 5.57. The normalized spacial score (nSPS) is 14.9. The van der Waals surface area contributed by atoms with Gasteiger partial charge in [-0.15, -0.1) is 0 Å². The van der Waals surface area contributed by atoms with Gasteiger partial charge in [0.15, 0.2) is 0 Å². The van der Waals surface area contributed by atoms with E-state index in [1.54, 1.807) is 0 Å². The SMILES string of the molecule is CN(CC(=O)Nc1ccc(CN2CCOCC2)cc1)Cc1ccc2ccccc2c1. The van der Waals surface area contributed by atoms with Crippen molar-refractivity contribution in [3.63, 3.8) is 0 Å². The Hall–Kier alpha value is -2.73. The van der Waals surface area contributed by atoms with Crippen LogP contribution in [0, 0.1) is 0 Å². The highest BCUT2D eigenvalue weighted by Gasteiger charge is 2.11. The minimum absolute atomic E-state index is 0.000724. The summed E-state index contributed by atoms with van der Waals surface area (Å²) < 4.78 is 5.40. The number of likely N-dealkylation sites (N-methyl/N-ethyl adjacent to an activating group) is 1. The lowest BCUT2D eigenvalue weighted by Gasteiger charge is -2.26. The van der Waals surface area contributed by atoms with Crippen LogP contribution in [0.25, 0.3) is 10.8 Å². The van der Waals surface area contributed by atoms with Crippen LogP contribution in [0.3, 0.4) is 0 Å². The fourth-order valence-corrected chi connectivity index (χ4v) is 3.86. The van der Waals surface area contributed by atoms with Crippen LogP contribution < -0.4 is 5.32 Å². The molecular weight excluding hydrogens is 374 g/mol. The van der Waals surface area contributed by atoms with E-state index in [2.05, 4.69) is 58.7 Å². The Balaban J connectivity index is 1.26. The lowest BCUT2D eigenvalue weighted by Crippen LogP contribution is -2.35. The maximum Gasteiger partial charge on any atom is 0.238 e. The number of amides is 1. The van der Waals surface area contributed by atoms with E-state index in [4.69, 9.17) is 4.74 Å². The lowest BCUT2D eigenvalue weighted by molar-refractivity contribution is -0.117. The minimum Gasteiger partial charge on any atom is -0.379 e. The van der Waals surface area contributed by atoms with E-state index >= 15 is 0 Å². The molecule has 0 saturated carbocycles. The van der Waals surface area contributed by atoms with Gasteiger partial charge in [-0.2, -0.15) is 0 Å². The van der Waals surface area contributed by atoms with Crippen LogP contribution in [-0.4, -0.2) is 55.6 Å². The monoisotopic (exact) mass is 403 g/mol. The molecule has 4 rings (SSSR count). The summed E-state index contributed by atoms with van der Waals surface area (Å²) in [7, 11) is 1.97. The Labute approximate surface area is 178 Å². The number of hydrogen-bond acceptors (Lipinski definition) is 4. The zero-order chi connectivity index (χ0) is 20.8. The summed E-state index contributed by atoms with van der Waals surface area (Å²) >= 11 is 0. The van der Waals surface area contributed by atoms with E-state index in [9.17, 15) is 4.79 Å². The van der Waals surface area contributed by atoms with Gasteiger partial charge >= 0.3 is 0 Å². The summed E-state index contributed by atoms with van der Waals surface area (Å²) in [5.74, 6) is -0.000724. The van der Waals surface area contributed by atoms with Gasteiger partial charge in [0.2, 0.25) is 5.91 Å². The van der Waals surface area contributed by atoms with Crippen molar-refractivity contribution in [1.82, 2.24) is 9.80 Å². The van der Waals surface area contributed by atoms with E-state index in [0.717, 1.165) is 45.1 Å². The number of carbonyl (C=O) groups is 1. The van der Waals surface area contributed by atoms with Crippen molar-refractivity contribution in [2.24, 2.45) is 0 Å². The van der Waals surface area contributed by atoms with E-state index in [0.29, 0.717) is 6.54 Å². The van der Waals surface area contributed by atoms with Crippen molar-refractivity contribution in [2.45, 2.75) is 13.1 Å². The molecule has 1 aliphatic rings. The molecule has 30 heavy (non-hydrogen) atoms. The third-order valence-electron chi connectivity index (χ3n) is 5.43. The summed E-state index contributed by atoms with van der Waals surface area (Å²) in [5, 5.41) is 5.47. The summed E-state index contributed by atoms with van der Waals surface area (Å²) in [6, 6.07) is 22.9. The molecule has 1 heterocycles. The van der Waals surface area contributed by atoms with Gasteiger partial charge in [0.1, 0.15) is 0 Å². The molecule has 0 spiro atoms. The number of benzene rings is 3. The topological polar surface area (TPSA) is 44.8 Å². The molecular formula is C25H29N3O2. The largest absolute Gasteiger partial charge is 0.379 e. The molecule has 3 aromatic rings. The molecule has 1 fully saturated rings. The second-order valence-electron chi connectivity index (χ2n) is 7.99. The molecule has 1 aliphatic heterocycles. The van der Waals surface area contributed by atoms with Crippen molar-refractivity contribution in [1.29, 1.82) is 0 Å². The number of hydrogen-bond donors (Lipinski definition) is 1. The lowest BCUT2D eigenvalue weighted by atomic mass is 10.1. The van der Waals surface area contributed by atoms with Gasteiger partial charge in [0, 0.05) is 31.9 Å². The molecule has 0 radical (unpaired) electrons. The standard InChI is InChI=1S/C25H29N3O2/c1-27(17-21-6-9-22-4-2-3-5-23(22)16-21)19-25(29)26-24-10-7-20(8-11-24)18-28-12-14-30-15-13-28/h2-11,16H,12-15,17-19H2,1H3,(H,26,29). The van der Waals surface area contributed by atoms with Crippen LogP contribution in [0.1, 0.15) is 11.1 Å². The molecule has 5 heteroatoms. The van der Waals surface area contributed by atoms with Crippen LogP contribution in [0.2, 0.25) is 0 Å². The highest BCUT2D eigenvalue weighted by Crippen LogP contribution is 2.17. The van der Waals surface area contributed by atoms with Crippen molar-refractivity contribution in [3.05, 3.63) is 77.9 Å². The molecule has 156 valence electrons. The quantitative estimate of drug-likeness (QED) is 0.653. The molecule has 0 unspecified atom stereocenters. The number of rotatable bonds is 7. The van der Waals surface area contributed by atoms with E-state index in [1.165, 1.54) is 21.9 Å². The molecule has 3 aromatic carbocycles. The first-order valence-electron chi connectivity index (χ1n) is 10.5. The number of anilines is 1. The first-order chi connectivity index (χ1) is 14.7. The maximum atomic E-state index is 12.5. The molecule has 0 bridgehead atoms. The Morgan fingerprint density at radius 3 is 2.43 bits per heavy atom. The van der Waals surface area contributed by atoms with Crippen LogP contribution in [0.15, 0.2) is 66.7 Å². The van der Waals surface area contributed by atoms with Gasteiger partial charge in [-0.1, -0.05) is 48.5 Å². The van der Waals surface area contributed by atoms with Crippen molar-refractivity contribution >= 4 is 22.4 Å². The molecule has 0 aromatic heterocycles. The number of ether oxygens (including phenoxy) is 1. The Morgan fingerprint density at radius 2 is 1.67 bits per heavy atom. The molecule has 1 N–H and O–H groups in total. The van der Waals surface area contributed by atoms with Gasteiger partial charge in [-0.05, 0) is 47.1 Å². The Bertz CT molecular complexity index is 981. The van der Waals surface area contributed by atoms with Crippen molar-refractivity contribution in [2.75, 3.05) is 45.2 Å². The van der Waals surface area contributed by atoms with Gasteiger partial charge in [-0.3, -0.25) is 14.6 Å². The fourth-order valence-electron chi connectivity index (χ4n) is 3.86. The third-order valence-corrected chi connectivity index (χ3v) is 5.43. The Morgan fingerprint density at radius 1 is 0.967 bits per heavy atom. The predicted molar refractivity (Wildman–Crippen MR) is 121 cm³/mol. The van der Waals surface area contributed by atoms with Crippen LogP contribution in [0.4, 0.5) is 5.69 Å². The zero-order valence-corrected chi connectivity index (χ0v) is 17.5. The second kappa shape index (κ2) is 9.85. The highest BCUT2D eigenvalue weighted by molar-refractivity contribution is 5.92. The molecule has 1 amide bonds. The second-order valence-corrected chi connectivity index (χ2v) is 7.99. The Kier molecular flexibility index (Phi) is 6.74. The first kappa shape index (κ1) is 20.5. The van der Waals surface area contributed by atoms with Crippen LogP contribution in [0.5, 0.6) is 0 Å². The average molecular weight is 404 g/mol. The number of morpholine rings is 1. The number of carbonyl (C=O) groups excluding carboxylic acids is 1. The van der Waals surface area contributed by atoms with Gasteiger partial charge in [0.25, 0.3) is 0 Å². The number of nitrogens with one attached hydrogen (secondary N) is 1.